The third-order valence-electron chi connectivity index (χ3n) is 11.0. The molecule has 0 bridgehead atoms. The molecule has 4 N–H and O–H groups in total. The monoisotopic (exact) mass is 790 g/mol. The number of likely N-dealkylation sites (tertiary alicyclic amines) is 1. The number of hydrogen-bond acceptors (Lipinski definition) is 9. The first-order valence-electron chi connectivity index (χ1n) is 19.7. The number of carbonyl (C=O) groups is 4. The maximum atomic E-state index is 13.5. The second-order valence-corrected chi connectivity index (χ2v) is 15.1. The number of hydrogen-bond donors (Lipinski definition) is 4. The zero-order chi connectivity index (χ0) is 41.1. The maximum Gasteiger partial charge on any atom is 0.407 e. The highest BCUT2D eigenvalue weighted by molar-refractivity contribution is 5.93. The Morgan fingerprint density at radius 3 is 2.45 bits per heavy atom. The fraction of sp³-hybridized carbons (Fsp3) is 0.395. The van der Waals surface area contributed by atoms with Gasteiger partial charge in [0.25, 0.3) is 0 Å². The minimum absolute atomic E-state index is 0.0560. The van der Waals surface area contributed by atoms with Crippen molar-refractivity contribution >= 4 is 34.8 Å². The topological polar surface area (TPSA) is 184 Å². The Morgan fingerprint density at radius 1 is 0.948 bits per heavy atom. The number of nitrogens with zero attached hydrogens (tertiary/aromatic N) is 4. The number of amides is 4. The third kappa shape index (κ3) is 8.06. The molecular formula is C43H50N8O7. The largest absolute Gasteiger partial charge is 0.457 e. The van der Waals surface area contributed by atoms with Crippen molar-refractivity contribution in [2.24, 2.45) is 5.92 Å². The summed E-state index contributed by atoms with van der Waals surface area (Å²) in [5, 5.41) is 7.31. The van der Waals surface area contributed by atoms with Gasteiger partial charge in [-0.3, -0.25) is 9.59 Å². The van der Waals surface area contributed by atoms with Crippen LogP contribution in [0.25, 0.3) is 33.3 Å². The Bertz CT molecular complexity index is 2330. The van der Waals surface area contributed by atoms with Gasteiger partial charge in [-0.15, -0.1) is 0 Å². The molecule has 2 aliphatic rings. The summed E-state index contributed by atoms with van der Waals surface area (Å²) in [5.41, 5.74) is 5.71. The number of alkyl carbamates (subject to hydrolysis) is 2. The number of fused-ring (bicyclic) bond motifs is 4. The molecular weight excluding hydrogens is 741 g/mol. The molecule has 15 nitrogen and oxygen atoms in total. The van der Waals surface area contributed by atoms with Crippen LogP contribution in [0, 0.1) is 5.92 Å². The van der Waals surface area contributed by atoms with Gasteiger partial charge in [0.15, 0.2) is 0 Å². The SMILES string of the molecule is CCCN(Cc1ncc(-c2ccc3c4c(ccc3c2)Oc2cc(-c3cnc([C@@H]5CCCN5C(=O)CNC(=O)OC)[nH]3)ccc2C4C)[nH]1)C(=O)[C@@H](NC(=O)OC)C(C)C. The Morgan fingerprint density at radius 2 is 1.69 bits per heavy atom. The predicted molar refractivity (Wildman–Crippen MR) is 217 cm³/mol. The summed E-state index contributed by atoms with van der Waals surface area (Å²) < 4.78 is 15.9. The van der Waals surface area contributed by atoms with Crippen molar-refractivity contribution in [3.63, 3.8) is 0 Å². The van der Waals surface area contributed by atoms with Gasteiger partial charge in [-0.25, -0.2) is 19.6 Å². The molecule has 2 aliphatic heterocycles. The first-order chi connectivity index (χ1) is 28.0. The number of nitrogens with one attached hydrogen (secondary N) is 4. The van der Waals surface area contributed by atoms with Gasteiger partial charge in [0, 0.05) is 41.3 Å². The molecule has 4 heterocycles. The number of ether oxygens (including phenoxy) is 3. The molecule has 15 heteroatoms. The van der Waals surface area contributed by atoms with Gasteiger partial charge in [0.05, 0.1) is 50.6 Å². The van der Waals surface area contributed by atoms with Crippen molar-refractivity contribution in [2.45, 2.75) is 71.5 Å². The van der Waals surface area contributed by atoms with E-state index in [0.717, 1.165) is 75.2 Å². The lowest BCUT2D eigenvalue weighted by atomic mass is 9.85. The first kappa shape index (κ1) is 39.8. The molecule has 4 amide bonds. The van der Waals surface area contributed by atoms with Gasteiger partial charge in [0.2, 0.25) is 11.8 Å². The highest BCUT2D eigenvalue weighted by atomic mass is 16.5. The van der Waals surface area contributed by atoms with E-state index in [0.29, 0.717) is 24.7 Å². The molecule has 1 saturated heterocycles. The molecule has 7 rings (SSSR count). The lowest BCUT2D eigenvalue weighted by Crippen LogP contribution is -2.51. The molecule has 304 valence electrons. The molecule has 5 aromatic rings. The number of aromatic nitrogens is 4. The molecule has 3 aromatic carbocycles. The van der Waals surface area contributed by atoms with Crippen molar-refractivity contribution in [1.82, 2.24) is 40.4 Å². The van der Waals surface area contributed by atoms with Crippen LogP contribution in [0.2, 0.25) is 0 Å². The van der Waals surface area contributed by atoms with Crippen molar-refractivity contribution in [1.29, 1.82) is 0 Å². The van der Waals surface area contributed by atoms with E-state index in [1.807, 2.05) is 32.9 Å². The summed E-state index contributed by atoms with van der Waals surface area (Å²) in [7, 11) is 2.55. The second-order valence-electron chi connectivity index (χ2n) is 15.1. The predicted octanol–water partition coefficient (Wildman–Crippen LogP) is 7.02. The molecule has 58 heavy (non-hydrogen) atoms. The van der Waals surface area contributed by atoms with Crippen LogP contribution in [0.3, 0.4) is 0 Å². The van der Waals surface area contributed by atoms with E-state index in [-0.39, 0.29) is 42.8 Å². The second kappa shape index (κ2) is 17.0. The Labute approximate surface area is 336 Å². The van der Waals surface area contributed by atoms with Crippen LogP contribution in [0.5, 0.6) is 11.5 Å². The van der Waals surface area contributed by atoms with Gasteiger partial charge >= 0.3 is 12.2 Å². The van der Waals surface area contributed by atoms with Crippen LogP contribution < -0.4 is 15.4 Å². The number of imidazole rings is 2. The van der Waals surface area contributed by atoms with Crippen LogP contribution in [0.4, 0.5) is 9.59 Å². The summed E-state index contributed by atoms with van der Waals surface area (Å²) in [6.07, 6.45) is 4.65. The van der Waals surface area contributed by atoms with Gasteiger partial charge < -0.3 is 44.6 Å². The number of H-pyrrole nitrogens is 2. The van der Waals surface area contributed by atoms with E-state index in [1.54, 1.807) is 22.2 Å². The molecule has 1 unspecified atom stereocenters. The summed E-state index contributed by atoms with van der Waals surface area (Å²) >= 11 is 0. The maximum absolute atomic E-state index is 13.5. The number of methoxy groups -OCH3 is 2. The molecule has 0 aliphatic carbocycles. The Hall–Kier alpha value is -6.38. The van der Waals surface area contributed by atoms with E-state index in [1.165, 1.54) is 14.2 Å². The van der Waals surface area contributed by atoms with Crippen LogP contribution in [-0.2, 0) is 25.6 Å². The summed E-state index contributed by atoms with van der Waals surface area (Å²) in [5.74, 6) is 2.48. The minimum Gasteiger partial charge on any atom is -0.457 e. The third-order valence-corrected chi connectivity index (χ3v) is 11.0. The lowest BCUT2D eigenvalue weighted by molar-refractivity contribution is -0.135. The fourth-order valence-electron chi connectivity index (χ4n) is 7.99. The normalized spacial score (nSPS) is 16.3. The molecule has 0 radical (unpaired) electrons. The van der Waals surface area contributed by atoms with E-state index >= 15 is 0 Å². The molecule has 0 saturated carbocycles. The van der Waals surface area contributed by atoms with Crippen molar-refractivity contribution in [3.8, 4) is 34.0 Å². The average molecular weight is 791 g/mol. The first-order valence-corrected chi connectivity index (χ1v) is 19.7. The van der Waals surface area contributed by atoms with Gasteiger partial charge in [-0.2, -0.15) is 0 Å². The average Bonchev–Trinajstić information content (AvgIpc) is 4.03. The number of benzene rings is 3. The molecule has 1 fully saturated rings. The van der Waals surface area contributed by atoms with E-state index in [9.17, 15) is 19.2 Å². The molecule has 2 aromatic heterocycles. The summed E-state index contributed by atoms with van der Waals surface area (Å²) in [6, 6.07) is 15.7. The Balaban J connectivity index is 1.06. The summed E-state index contributed by atoms with van der Waals surface area (Å²) in [4.78, 5) is 69.5. The van der Waals surface area contributed by atoms with Crippen LogP contribution in [0.1, 0.15) is 81.7 Å². The zero-order valence-corrected chi connectivity index (χ0v) is 33.7. The minimum atomic E-state index is -0.719. The smallest absolute Gasteiger partial charge is 0.407 e. The zero-order valence-electron chi connectivity index (χ0n) is 33.7. The van der Waals surface area contributed by atoms with E-state index in [4.69, 9.17) is 9.47 Å². The van der Waals surface area contributed by atoms with E-state index < -0.39 is 18.2 Å². The van der Waals surface area contributed by atoms with E-state index in [2.05, 4.69) is 78.6 Å². The van der Waals surface area contributed by atoms with Gasteiger partial charge in [-0.1, -0.05) is 58.0 Å². The van der Waals surface area contributed by atoms with Gasteiger partial charge in [-0.05, 0) is 54.2 Å². The van der Waals surface area contributed by atoms with Crippen LogP contribution in [0.15, 0.2) is 60.9 Å². The number of carbonyl (C=O) groups excluding carboxylic acids is 4. The quantitative estimate of drug-likeness (QED) is 0.103. The molecule has 0 spiro atoms. The van der Waals surface area contributed by atoms with Crippen LogP contribution in [-0.4, -0.2) is 93.6 Å². The van der Waals surface area contributed by atoms with Crippen LogP contribution >= 0.6 is 0 Å². The van der Waals surface area contributed by atoms with Gasteiger partial charge in [0.1, 0.15) is 35.7 Å². The summed E-state index contributed by atoms with van der Waals surface area (Å²) in [6.45, 7) is 9.21. The Kier molecular flexibility index (Phi) is 11.7. The highest BCUT2D eigenvalue weighted by Gasteiger charge is 2.33. The standard InChI is InChI=1S/C43H50N8O7/c1-7-16-50(41(53)39(24(2)3)49-43(55)57-6)23-36-44-20-31(47-36)27-11-14-30-26(18-27)12-15-34-38(30)25(4)29-13-10-28(19-35(29)58-34)32-21-45-40(48-32)33-9-8-17-51(33)37(52)22-46-42(54)56-5/h10-15,18-21,24-25,33,39H,7-9,16-17,22-23H2,1-6H3,(H,44,47)(H,45,48)(H,46,54)(H,49,55)/t25?,33-,39-/m0/s1. The number of aromatic amines is 2. The van der Waals surface area contributed by atoms with Crippen molar-refractivity contribution in [3.05, 3.63) is 83.7 Å². The van der Waals surface area contributed by atoms with Crippen molar-refractivity contribution < 1.29 is 33.4 Å². The highest BCUT2D eigenvalue weighted by Crippen LogP contribution is 2.48. The number of rotatable bonds is 12. The molecule has 3 atom stereocenters. The lowest BCUT2D eigenvalue weighted by Gasteiger charge is -2.28. The van der Waals surface area contributed by atoms with Crippen molar-refractivity contribution in [2.75, 3.05) is 33.9 Å². The fourth-order valence-corrected chi connectivity index (χ4v) is 7.99.